The fourth-order valence-corrected chi connectivity index (χ4v) is 5.06. The Bertz CT molecular complexity index is 823. The van der Waals surface area contributed by atoms with E-state index in [9.17, 15) is 13.2 Å². The van der Waals surface area contributed by atoms with Crippen LogP contribution >= 0.6 is 11.5 Å². The standard InChI is InChI=1S/C29H47F3N4S/c1-3-4-5-6-7-8-9-10-11-12-13-14-15-16-17-18-23-36(2)28-34-27(35-37-28)33-24-25-19-21-26(22-20-25)29(30,31)32/h19-22H,3-18,23-24H2,1-2H3,(H,33,35). The summed E-state index contributed by atoms with van der Waals surface area (Å²) in [5.41, 5.74) is 0.117. The molecular formula is C29H47F3N4S. The van der Waals surface area contributed by atoms with Crippen LogP contribution in [0.2, 0.25) is 0 Å². The van der Waals surface area contributed by atoms with Gasteiger partial charge in [-0.25, -0.2) is 0 Å². The van der Waals surface area contributed by atoms with E-state index in [2.05, 4.69) is 26.5 Å². The van der Waals surface area contributed by atoms with Gasteiger partial charge in [0.15, 0.2) is 0 Å². The molecule has 8 heteroatoms. The fourth-order valence-electron chi connectivity index (χ4n) is 4.43. The van der Waals surface area contributed by atoms with Crippen molar-refractivity contribution < 1.29 is 13.2 Å². The van der Waals surface area contributed by atoms with Crippen molar-refractivity contribution in [2.45, 2.75) is 122 Å². The van der Waals surface area contributed by atoms with E-state index < -0.39 is 11.7 Å². The maximum absolute atomic E-state index is 12.7. The van der Waals surface area contributed by atoms with Gasteiger partial charge in [-0.05, 0) is 24.1 Å². The molecule has 37 heavy (non-hydrogen) atoms. The van der Waals surface area contributed by atoms with Gasteiger partial charge in [0.1, 0.15) is 0 Å². The van der Waals surface area contributed by atoms with Crippen LogP contribution in [0.25, 0.3) is 0 Å². The predicted molar refractivity (Wildman–Crippen MR) is 151 cm³/mol. The van der Waals surface area contributed by atoms with Crippen molar-refractivity contribution in [1.82, 2.24) is 9.36 Å². The molecule has 4 nitrogen and oxygen atoms in total. The number of nitrogens with one attached hydrogen (secondary N) is 1. The highest BCUT2D eigenvalue weighted by molar-refractivity contribution is 7.09. The lowest BCUT2D eigenvalue weighted by Gasteiger charge is -2.14. The Morgan fingerprint density at radius 2 is 1.24 bits per heavy atom. The Morgan fingerprint density at radius 3 is 1.73 bits per heavy atom. The SMILES string of the molecule is CCCCCCCCCCCCCCCCCCN(C)c1nc(NCc2ccc(C(F)(F)F)cc2)ns1. The van der Waals surface area contributed by atoms with Gasteiger partial charge in [0, 0.05) is 31.7 Å². The highest BCUT2D eigenvalue weighted by Crippen LogP contribution is 2.29. The molecule has 1 aromatic carbocycles. The molecule has 0 bridgehead atoms. The van der Waals surface area contributed by atoms with Gasteiger partial charge in [0.05, 0.1) is 5.56 Å². The number of halogens is 3. The third kappa shape index (κ3) is 14.0. The van der Waals surface area contributed by atoms with Gasteiger partial charge in [-0.2, -0.15) is 22.5 Å². The normalized spacial score (nSPS) is 11.7. The second kappa shape index (κ2) is 18.4. The molecule has 0 spiro atoms. The molecule has 2 rings (SSSR count). The van der Waals surface area contributed by atoms with Crippen LogP contribution in [0.5, 0.6) is 0 Å². The molecular weight excluding hydrogens is 493 g/mol. The lowest BCUT2D eigenvalue weighted by Crippen LogP contribution is -2.18. The molecule has 0 saturated carbocycles. The van der Waals surface area contributed by atoms with E-state index >= 15 is 0 Å². The monoisotopic (exact) mass is 540 g/mol. The molecule has 0 aliphatic rings. The molecule has 0 fully saturated rings. The second-order valence-electron chi connectivity index (χ2n) is 10.2. The van der Waals surface area contributed by atoms with Crippen LogP contribution in [0.1, 0.15) is 121 Å². The van der Waals surface area contributed by atoms with Crippen molar-refractivity contribution in [3.8, 4) is 0 Å². The molecule has 0 radical (unpaired) electrons. The lowest BCUT2D eigenvalue weighted by molar-refractivity contribution is -0.137. The summed E-state index contributed by atoms with van der Waals surface area (Å²) in [6.45, 7) is 3.61. The van der Waals surface area contributed by atoms with Crippen LogP contribution in [-0.4, -0.2) is 22.9 Å². The van der Waals surface area contributed by atoms with E-state index in [1.807, 2.05) is 7.05 Å². The number of unbranched alkanes of at least 4 members (excludes halogenated alkanes) is 15. The van der Waals surface area contributed by atoms with Crippen molar-refractivity contribution in [3.05, 3.63) is 35.4 Å². The predicted octanol–water partition coefficient (Wildman–Crippen LogP) is 9.87. The average Bonchev–Trinajstić information content (AvgIpc) is 3.36. The van der Waals surface area contributed by atoms with Gasteiger partial charge >= 0.3 is 6.18 Å². The fraction of sp³-hybridized carbons (Fsp3) is 0.724. The minimum absolute atomic E-state index is 0.386. The number of benzene rings is 1. The van der Waals surface area contributed by atoms with E-state index in [4.69, 9.17) is 0 Å². The van der Waals surface area contributed by atoms with E-state index in [0.717, 1.165) is 35.8 Å². The number of alkyl halides is 3. The Hall–Kier alpha value is -1.83. The summed E-state index contributed by atoms with van der Waals surface area (Å²) in [6, 6.07) is 5.16. The zero-order valence-electron chi connectivity index (χ0n) is 22.9. The number of rotatable bonds is 21. The Morgan fingerprint density at radius 1 is 0.757 bits per heavy atom. The summed E-state index contributed by atoms with van der Waals surface area (Å²) in [5.74, 6) is 0.513. The maximum atomic E-state index is 12.7. The molecule has 1 aromatic heterocycles. The van der Waals surface area contributed by atoms with Crippen molar-refractivity contribution in [3.63, 3.8) is 0 Å². The van der Waals surface area contributed by atoms with Gasteiger partial charge in [0.2, 0.25) is 11.1 Å². The molecule has 0 saturated heterocycles. The smallest absolute Gasteiger partial charge is 0.350 e. The van der Waals surface area contributed by atoms with E-state index in [1.165, 1.54) is 120 Å². The van der Waals surface area contributed by atoms with Crippen molar-refractivity contribution >= 4 is 22.6 Å². The van der Waals surface area contributed by atoms with Crippen LogP contribution in [0.15, 0.2) is 24.3 Å². The molecule has 1 heterocycles. The maximum Gasteiger partial charge on any atom is 0.416 e. The lowest BCUT2D eigenvalue weighted by atomic mass is 10.0. The van der Waals surface area contributed by atoms with Crippen LogP contribution in [-0.2, 0) is 12.7 Å². The average molecular weight is 541 g/mol. The summed E-state index contributed by atoms with van der Waals surface area (Å²) < 4.78 is 42.4. The quantitative estimate of drug-likeness (QED) is 0.160. The summed E-state index contributed by atoms with van der Waals surface area (Å²) in [6.07, 6.45) is 17.5. The summed E-state index contributed by atoms with van der Waals surface area (Å²) in [5, 5.41) is 3.96. The first-order chi connectivity index (χ1) is 17.9. The zero-order valence-corrected chi connectivity index (χ0v) is 23.7. The van der Waals surface area contributed by atoms with E-state index in [-0.39, 0.29) is 0 Å². The number of aromatic nitrogens is 2. The van der Waals surface area contributed by atoms with Crippen molar-refractivity contribution in [2.24, 2.45) is 0 Å². The zero-order chi connectivity index (χ0) is 26.8. The van der Waals surface area contributed by atoms with Gasteiger partial charge in [-0.3, -0.25) is 0 Å². The summed E-state index contributed by atoms with van der Waals surface area (Å²) in [7, 11) is 2.03. The van der Waals surface area contributed by atoms with Crippen molar-refractivity contribution in [2.75, 3.05) is 23.8 Å². The first-order valence-corrected chi connectivity index (χ1v) is 15.1. The summed E-state index contributed by atoms with van der Waals surface area (Å²) in [4.78, 5) is 6.65. The first-order valence-electron chi connectivity index (χ1n) is 14.3. The highest BCUT2D eigenvalue weighted by atomic mass is 32.1. The molecule has 2 aromatic rings. The van der Waals surface area contributed by atoms with Gasteiger partial charge in [-0.15, -0.1) is 0 Å². The second-order valence-corrected chi connectivity index (χ2v) is 10.9. The molecule has 0 amide bonds. The Kier molecular flexibility index (Phi) is 15.6. The van der Waals surface area contributed by atoms with Gasteiger partial charge in [-0.1, -0.05) is 115 Å². The molecule has 0 aliphatic carbocycles. The molecule has 0 unspecified atom stereocenters. The summed E-state index contributed by atoms with van der Waals surface area (Å²) >= 11 is 1.34. The molecule has 210 valence electrons. The van der Waals surface area contributed by atoms with Crippen LogP contribution < -0.4 is 10.2 Å². The highest BCUT2D eigenvalue weighted by Gasteiger charge is 2.29. The number of nitrogens with zero attached hydrogens (tertiary/aromatic N) is 3. The minimum atomic E-state index is -4.31. The number of hydrogen-bond donors (Lipinski definition) is 1. The van der Waals surface area contributed by atoms with Crippen LogP contribution in [0.4, 0.5) is 24.3 Å². The third-order valence-electron chi connectivity index (χ3n) is 6.82. The number of hydrogen-bond acceptors (Lipinski definition) is 5. The van der Waals surface area contributed by atoms with Crippen molar-refractivity contribution in [1.29, 1.82) is 0 Å². The van der Waals surface area contributed by atoms with E-state index in [1.54, 1.807) is 0 Å². The first kappa shape index (κ1) is 31.4. The van der Waals surface area contributed by atoms with E-state index in [0.29, 0.717) is 12.5 Å². The molecule has 0 aliphatic heterocycles. The van der Waals surface area contributed by atoms with Gasteiger partial charge < -0.3 is 10.2 Å². The van der Waals surface area contributed by atoms with Gasteiger partial charge in [0.25, 0.3) is 0 Å². The largest absolute Gasteiger partial charge is 0.416 e. The minimum Gasteiger partial charge on any atom is -0.350 e. The molecule has 0 atom stereocenters. The Balaban J connectivity index is 1.45. The Labute approximate surface area is 226 Å². The number of anilines is 2. The van der Waals surface area contributed by atoms with Crippen LogP contribution in [0.3, 0.4) is 0 Å². The topological polar surface area (TPSA) is 41.1 Å². The third-order valence-corrected chi connectivity index (χ3v) is 7.65. The van der Waals surface area contributed by atoms with Crippen LogP contribution in [0, 0.1) is 0 Å². The molecule has 1 N–H and O–H groups in total.